The van der Waals surface area contributed by atoms with E-state index in [4.69, 9.17) is 21.7 Å². The molecule has 0 saturated carbocycles. The summed E-state index contributed by atoms with van der Waals surface area (Å²) in [6.45, 7) is 3.24. The molecule has 1 fully saturated rings. The van der Waals surface area contributed by atoms with Crippen LogP contribution in [0.1, 0.15) is 18.1 Å². The summed E-state index contributed by atoms with van der Waals surface area (Å²) in [7, 11) is 1.40. The van der Waals surface area contributed by atoms with Crippen molar-refractivity contribution in [2.24, 2.45) is 0 Å². The Labute approximate surface area is 184 Å². The number of ether oxygens (including phenoxy) is 2. The molecule has 160 valence electrons. The highest BCUT2D eigenvalue weighted by molar-refractivity contribution is 7.80. The van der Waals surface area contributed by atoms with Gasteiger partial charge in [-0.2, -0.15) is 0 Å². The Morgan fingerprint density at radius 3 is 2.58 bits per heavy atom. The van der Waals surface area contributed by atoms with E-state index in [9.17, 15) is 19.5 Å². The molecule has 1 aliphatic rings. The maximum absolute atomic E-state index is 13.2. The Kier molecular flexibility index (Phi) is 6.36. The van der Waals surface area contributed by atoms with E-state index in [1.54, 1.807) is 36.4 Å². The van der Waals surface area contributed by atoms with Crippen LogP contribution >= 0.6 is 12.2 Å². The van der Waals surface area contributed by atoms with E-state index in [-0.39, 0.29) is 22.2 Å². The summed E-state index contributed by atoms with van der Waals surface area (Å²) in [5.41, 5.74) is 1.56. The van der Waals surface area contributed by atoms with E-state index in [0.29, 0.717) is 11.3 Å². The third kappa shape index (κ3) is 4.56. The number of nitrogens with one attached hydrogen (secondary N) is 1. The van der Waals surface area contributed by atoms with Gasteiger partial charge in [0.1, 0.15) is 5.57 Å². The van der Waals surface area contributed by atoms with Crippen molar-refractivity contribution in [1.29, 1.82) is 0 Å². The highest BCUT2D eigenvalue weighted by Crippen LogP contribution is 2.34. The van der Waals surface area contributed by atoms with Crippen molar-refractivity contribution in [3.8, 4) is 11.5 Å². The van der Waals surface area contributed by atoms with Gasteiger partial charge in [0.05, 0.1) is 12.8 Å². The van der Waals surface area contributed by atoms with Crippen molar-refractivity contribution >= 4 is 46.9 Å². The molecule has 1 aliphatic heterocycles. The Balaban J connectivity index is 2.08. The molecule has 0 spiro atoms. The van der Waals surface area contributed by atoms with Crippen LogP contribution in [-0.2, 0) is 14.4 Å². The maximum Gasteiger partial charge on any atom is 0.344 e. The predicted molar refractivity (Wildman–Crippen MR) is 118 cm³/mol. The smallest absolute Gasteiger partial charge is 0.344 e. The summed E-state index contributed by atoms with van der Waals surface area (Å²) in [4.78, 5) is 38.3. The van der Waals surface area contributed by atoms with Gasteiger partial charge in [-0.1, -0.05) is 24.3 Å². The summed E-state index contributed by atoms with van der Waals surface area (Å²) in [6.07, 6.45) is 0.148. The predicted octanol–water partition coefficient (Wildman–Crippen LogP) is 2.69. The highest BCUT2D eigenvalue weighted by atomic mass is 32.1. The first-order valence-electron chi connectivity index (χ1n) is 9.27. The first-order chi connectivity index (χ1) is 14.7. The average molecular weight is 440 g/mol. The number of carboxylic acid groups (broad SMARTS) is 1. The number of carbonyl (C=O) groups excluding carboxylic acids is 2. The second-order valence-electron chi connectivity index (χ2n) is 6.77. The fourth-order valence-electron chi connectivity index (χ4n) is 2.98. The summed E-state index contributed by atoms with van der Waals surface area (Å²) < 4.78 is 10.8. The number of rotatable bonds is 6. The monoisotopic (exact) mass is 440 g/mol. The minimum absolute atomic E-state index is 0.0284. The van der Waals surface area contributed by atoms with E-state index in [1.165, 1.54) is 25.0 Å². The first-order valence-corrected chi connectivity index (χ1v) is 9.68. The molecular formula is C22H20N2O6S. The number of nitrogens with zero attached hydrogens (tertiary/aromatic N) is 1. The number of carbonyl (C=O) groups is 3. The van der Waals surface area contributed by atoms with Crippen LogP contribution in [0, 0.1) is 6.92 Å². The summed E-state index contributed by atoms with van der Waals surface area (Å²) in [5, 5.41) is 11.7. The second kappa shape index (κ2) is 8.97. The Hall–Kier alpha value is -3.72. The topological polar surface area (TPSA) is 105 Å². The molecule has 2 aromatic rings. The van der Waals surface area contributed by atoms with Gasteiger partial charge in [0, 0.05) is 5.56 Å². The number of benzene rings is 2. The van der Waals surface area contributed by atoms with Crippen molar-refractivity contribution in [1.82, 2.24) is 5.32 Å². The summed E-state index contributed by atoms with van der Waals surface area (Å²) >= 11 is 5.21. The van der Waals surface area contributed by atoms with Crippen molar-refractivity contribution < 1.29 is 29.0 Å². The second-order valence-corrected chi connectivity index (χ2v) is 7.16. The van der Waals surface area contributed by atoms with Gasteiger partial charge in [0.2, 0.25) is 0 Å². The van der Waals surface area contributed by atoms with Crippen molar-refractivity contribution in [3.05, 3.63) is 59.2 Å². The Morgan fingerprint density at radius 2 is 1.94 bits per heavy atom. The van der Waals surface area contributed by atoms with Gasteiger partial charge < -0.3 is 14.6 Å². The van der Waals surface area contributed by atoms with E-state index >= 15 is 0 Å². The van der Waals surface area contributed by atoms with E-state index in [1.807, 2.05) is 13.0 Å². The number of hydrogen-bond acceptors (Lipinski definition) is 6. The highest BCUT2D eigenvalue weighted by Gasteiger charge is 2.35. The van der Waals surface area contributed by atoms with Crippen LogP contribution in [0.2, 0.25) is 0 Å². The van der Waals surface area contributed by atoms with Gasteiger partial charge in [-0.3, -0.25) is 19.8 Å². The lowest BCUT2D eigenvalue weighted by molar-refractivity contribution is -0.144. The molecule has 8 nitrogen and oxygen atoms in total. The van der Waals surface area contributed by atoms with Crippen LogP contribution in [0.15, 0.2) is 48.0 Å². The minimum atomic E-state index is -1.18. The van der Waals surface area contributed by atoms with E-state index in [0.717, 1.165) is 5.56 Å². The quantitative estimate of drug-likeness (QED) is 0.404. The van der Waals surface area contributed by atoms with Crippen molar-refractivity contribution in [3.63, 3.8) is 0 Å². The molecule has 2 aromatic carbocycles. The lowest BCUT2D eigenvalue weighted by Crippen LogP contribution is -2.54. The normalized spacial score (nSPS) is 16.2. The summed E-state index contributed by atoms with van der Waals surface area (Å²) in [5.74, 6) is -2.09. The summed E-state index contributed by atoms with van der Waals surface area (Å²) in [6, 6.07) is 11.9. The minimum Gasteiger partial charge on any atom is -0.493 e. The largest absolute Gasteiger partial charge is 0.493 e. The zero-order valence-electron chi connectivity index (χ0n) is 17.0. The molecule has 0 aliphatic carbocycles. The fourth-order valence-corrected chi connectivity index (χ4v) is 3.26. The number of aryl methyl sites for hydroxylation is 1. The number of para-hydroxylation sites is 1. The average Bonchev–Trinajstić information content (AvgIpc) is 2.71. The Bertz CT molecular complexity index is 1110. The number of hydrogen-bond donors (Lipinski definition) is 2. The van der Waals surface area contributed by atoms with Gasteiger partial charge in [-0.25, -0.2) is 4.79 Å². The van der Waals surface area contributed by atoms with Gasteiger partial charge in [-0.15, -0.1) is 0 Å². The molecule has 31 heavy (non-hydrogen) atoms. The van der Waals surface area contributed by atoms with Gasteiger partial charge in [0.15, 0.2) is 22.7 Å². The van der Waals surface area contributed by atoms with Gasteiger partial charge in [-0.05, 0) is 55.9 Å². The van der Waals surface area contributed by atoms with Crippen molar-refractivity contribution in [2.75, 3.05) is 12.0 Å². The molecule has 2 amide bonds. The molecule has 9 heteroatoms. The van der Waals surface area contributed by atoms with Crippen molar-refractivity contribution in [2.45, 2.75) is 20.0 Å². The number of amides is 2. The van der Waals surface area contributed by atoms with Crippen LogP contribution in [0.4, 0.5) is 5.69 Å². The molecule has 0 bridgehead atoms. The molecule has 1 heterocycles. The molecule has 2 N–H and O–H groups in total. The van der Waals surface area contributed by atoms with Crippen LogP contribution in [0.3, 0.4) is 0 Å². The standard InChI is InChI=1S/C22H20N2O6S/c1-12-6-4-8-15(10-12)24-20(26)16(19(25)23-22(24)31)11-14-7-5-9-17(29-3)18(14)30-13(2)21(27)28/h4-11,13H,1-3H3,(H,27,28)(H,23,25,31)/b16-11+/t13-/m0/s1. The number of anilines is 1. The third-order valence-electron chi connectivity index (χ3n) is 4.53. The maximum atomic E-state index is 13.2. The molecule has 0 radical (unpaired) electrons. The van der Waals surface area contributed by atoms with Crippen LogP contribution in [0.25, 0.3) is 6.08 Å². The molecule has 3 rings (SSSR count). The zero-order valence-corrected chi connectivity index (χ0v) is 17.9. The SMILES string of the molecule is COc1cccc(/C=C2\C(=O)NC(=S)N(c3cccc(C)c3)C2=O)c1O[C@@H](C)C(=O)O. The van der Waals surface area contributed by atoms with Crippen LogP contribution < -0.4 is 19.7 Å². The fraction of sp³-hybridized carbons (Fsp3) is 0.182. The molecular weight excluding hydrogens is 420 g/mol. The van der Waals surface area contributed by atoms with Gasteiger partial charge >= 0.3 is 5.97 Å². The van der Waals surface area contributed by atoms with Crippen LogP contribution in [0.5, 0.6) is 11.5 Å². The number of carboxylic acids is 1. The molecule has 0 unspecified atom stereocenters. The first kappa shape index (κ1) is 22.0. The molecule has 1 atom stereocenters. The third-order valence-corrected chi connectivity index (χ3v) is 4.82. The van der Waals surface area contributed by atoms with Gasteiger partial charge in [0.25, 0.3) is 11.8 Å². The number of aliphatic carboxylic acids is 1. The number of thiocarbonyl (C=S) groups is 1. The number of methoxy groups -OCH3 is 1. The van der Waals surface area contributed by atoms with E-state index in [2.05, 4.69) is 5.32 Å². The lowest BCUT2D eigenvalue weighted by Gasteiger charge is -2.29. The lowest BCUT2D eigenvalue weighted by atomic mass is 10.1. The van der Waals surface area contributed by atoms with Crippen LogP contribution in [-0.4, -0.2) is 41.2 Å². The zero-order chi connectivity index (χ0) is 22.7. The molecule has 1 saturated heterocycles. The van der Waals surface area contributed by atoms with E-state index < -0.39 is 23.9 Å². The Morgan fingerprint density at radius 1 is 1.23 bits per heavy atom. The molecule has 0 aromatic heterocycles.